The maximum atomic E-state index is 4.90. The summed E-state index contributed by atoms with van der Waals surface area (Å²) in [5, 5.41) is 10.9. The highest BCUT2D eigenvalue weighted by molar-refractivity contribution is 5.76. The minimum absolute atomic E-state index is 0.674. The third-order valence-corrected chi connectivity index (χ3v) is 1.03. The molecule has 0 aromatic carbocycles. The van der Waals surface area contributed by atoms with Gasteiger partial charge in [-0.05, 0) is 19.1 Å². The van der Waals surface area contributed by atoms with Crippen molar-refractivity contribution in [2.45, 2.75) is 6.92 Å². The van der Waals surface area contributed by atoms with Gasteiger partial charge in [-0.1, -0.05) is 0 Å². The average molecular weight is 136 g/mol. The van der Waals surface area contributed by atoms with Crippen LogP contribution in [0.5, 0.6) is 0 Å². The number of aromatic nitrogens is 2. The van der Waals surface area contributed by atoms with Crippen LogP contribution >= 0.6 is 0 Å². The van der Waals surface area contributed by atoms with E-state index < -0.39 is 0 Å². The number of hydrogen-bond donors (Lipinski definition) is 1. The summed E-state index contributed by atoms with van der Waals surface area (Å²) in [5.74, 6) is 4.90. The number of hydrogen-bond acceptors (Lipinski definition) is 4. The van der Waals surface area contributed by atoms with Crippen molar-refractivity contribution in [2.24, 2.45) is 10.9 Å². The van der Waals surface area contributed by atoms with Gasteiger partial charge in [0.05, 0.1) is 11.9 Å². The predicted molar refractivity (Wildman–Crippen MR) is 38.6 cm³/mol. The van der Waals surface area contributed by atoms with Crippen molar-refractivity contribution in [3.05, 3.63) is 23.5 Å². The van der Waals surface area contributed by atoms with Crippen molar-refractivity contribution in [1.29, 1.82) is 0 Å². The van der Waals surface area contributed by atoms with E-state index in [-0.39, 0.29) is 0 Å². The molecule has 0 fully saturated rings. The SMILES string of the molecule is Cc1ccc(/C=N/N)nn1. The zero-order valence-electron chi connectivity index (χ0n) is 5.65. The molecule has 0 saturated carbocycles. The van der Waals surface area contributed by atoms with Gasteiger partial charge in [0, 0.05) is 0 Å². The maximum absolute atomic E-state index is 4.90. The Morgan fingerprint density at radius 3 is 2.80 bits per heavy atom. The maximum Gasteiger partial charge on any atom is 0.106 e. The number of nitrogens with two attached hydrogens (primary N) is 1. The Morgan fingerprint density at radius 1 is 1.50 bits per heavy atom. The van der Waals surface area contributed by atoms with Crippen molar-refractivity contribution in [3.63, 3.8) is 0 Å². The summed E-state index contributed by atoms with van der Waals surface area (Å²) in [6.07, 6.45) is 1.45. The lowest BCUT2D eigenvalue weighted by Crippen LogP contribution is -1.93. The van der Waals surface area contributed by atoms with Crippen LogP contribution < -0.4 is 5.84 Å². The Morgan fingerprint density at radius 2 is 2.30 bits per heavy atom. The third kappa shape index (κ3) is 1.51. The molecule has 0 bridgehead atoms. The zero-order valence-corrected chi connectivity index (χ0v) is 5.65. The smallest absolute Gasteiger partial charge is 0.106 e. The molecule has 0 aliphatic rings. The second kappa shape index (κ2) is 2.91. The molecule has 0 atom stereocenters. The summed E-state index contributed by atoms with van der Waals surface area (Å²) >= 11 is 0. The first-order chi connectivity index (χ1) is 4.83. The van der Waals surface area contributed by atoms with Gasteiger partial charge in [-0.3, -0.25) is 0 Å². The van der Waals surface area contributed by atoms with Crippen molar-refractivity contribution in [3.8, 4) is 0 Å². The van der Waals surface area contributed by atoms with Crippen molar-refractivity contribution in [1.82, 2.24) is 10.2 Å². The molecular weight excluding hydrogens is 128 g/mol. The quantitative estimate of drug-likeness (QED) is 0.338. The van der Waals surface area contributed by atoms with Gasteiger partial charge in [-0.25, -0.2) is 0 Å². The van der Waals surface area contributed by atoms with Gasteiger partial charge in [0.15, 0.2) is 0 Å². The van der Waals surface area contributed by atoms with E-state index in [4.69, 9.17) is 5.84 Å². The summed E-state index contributed by atoms with van der Waals surface area (Å²) in [5.41, 5.74) is 1.56. The van der Waals surface area contributed by atoms with Gasteiger partial charge >= 0.3 is 0 Å². The monoisotopic (exact) mass is 136 g/mol. The van der Waals surface area contributed by atoms with E-state index in [2.05, 4.69) is 15.3 Å². The number of rotatable bonds is 1. The first kappa shape index (κ1) is 6.67. The molecule has 1 aromatic rings. The normalized spacial score (nSPS) is 10.5. The first-order valence-corrected chi connectivity index (χ1v) is 2.86. The van der Waals surface area contributed by atoms with Crippen LogP contribution in [0.2, 0.25) is 0 Å². The van der Waals surface area contributed by atoms with E-state index in [9.17, 15) is 0 Å². The van der Waals surface area contributed by atoms with E-state index in [0.29, 0.717) is 5.69 Å². The summed E-state index contributed by atoms with van der Waals surface area (Å²) in [6.45, 7) is 1.87. The van der Waals surface area contributed by atoms with Crippen molar-refractivity contribution in [2.75, 3.05) is 0 Å². The summed E-state index contributed by atoms with van der Waals surface area (Å²) in [6, 6.07) is 3.66. The molecule has 0 radical (unpaired) electrons. The van der Waals surface area contributed by atoms with Gasteiger partial charge in [0.2, 0.25) is 0 Å². The fourth-order valence-electron chi connectivity index (χ4n) is 0.554. The second-order valence-electron chi connectivity index (χ2n) is 1.88. The van der Waals surface area contributed by atoms with Crippen molar-refractivity contribution < 1.29 is 0 Å². The van der Waals surface area contributed by atoms with Crippen LogP contribution in [0.15, 0.2) is 17.2 Å². The lowest BCUT2D eigenvalue weighted by Gasteiger charge is -1.89. The summed E-state index contributed by atoms with van der Waals surface area (Å²) in [7, 11) is 0. The molecule has 1 heterocycles. The molecule has 10 heavy (non-hydrogen) atoms. The molecule has 0 unspecified atom stereocenters. The fraction of sp³-hybridized carbons (Fsp3) is 0.167. The standard InChI is InChI=1S/C6H8N4/c1-5-2-3-6(4-8-7)10-9-5/h2-4H,7H2,1H3/b8-4+. The van der Waals surface area contributed by atoms with Gasteiger partial charge in [-0.15, -0.1) is 5.10 Å². The van der Waals surface area contributed by atoms with Gasteiger partial charge in [0.25, 0.3) is 0 Å². The molecule has 0 saturated heterocycles. The van der Waals surface area contributed by atoms with Crippen LogP contribution in [0.4, 0.5) is 0 Å². The molecule has 52 valence electrons. The van der Waals surface area contributed by atoms with Crippen LogP contribution in [0.25, 0.3) is 0 Å². The zero-order chi connectivity index (χ0) is 7.40. The number of nitrogens with zero attached hydrogens (tertiary/aromatic N) is 3. The number of hydrazone groups is 1. The Balaban J connectivity index is 2.89. The van der Waals surface area contributed by atoms with E-state index in [0.717, 1.165) is 5.69 Å². The molecule has 2 N–H and O–H groups in total. The average Bonchev–Trinajstić information content (AvgIpc) is 1.95. The lowest BCUT2D eigenvalue weighted by molar-refractivity contribution is 0.971. The summed E-state index contributed by atoms with van der Waals surface area (Å²) in [4.78, 5) is 0. The van der Waals surface area contributed by atoms with E-state index in [1.54, 1.807) is 6.07 Å². The van der Waals surface area contributed by atoms with Crippen LogP contribution in [0.1, 0.15) is 11.4 Å². The highest BCUT2D eigenvalue weighted by Crippen LogP contribution is 1.90. The molecule has 0 aliphatic heterocycles. The van der Waals surface area contributed by atoms with Crippen LogP contribution in [-0.4, -0.2) is 16.4 Å². The largest absolute Gasteiger partial charge is 0.323 e. The predicted octanol–water partition coefficient (Wildman–Crippen LogP) is 0.0776. The Bertz CT molecular complexity index is 226. The molecular formula is C6H8N4. The van der Waals surface area contributed by atoms with Gasteiger partial charge in [0.1, 0.15) is 5.69 Å². The Kier molecular flexibility index (Phi) is 1.94. The molecule has 0 amide bonds. The van der Waals surface area contributed by atoms with Crippen LogP contribution in [0, 0.1) is 6.92 Å². The highest BCUT2D eigenvalue weighted by Gasteiger charge is 1.87. The first-order valence-electron chi connectivity index (χ1n) is 2.86. The minimum atomic E-state index is 0.674. The van der Waals surface area contributed by atoms with Gasteiger partial charge in [-0.2, -0.15) is 10.2 Å². The van der Waals surface area contributed by atoms with Gasteiger partial charge < -0.3 is 5.84 Å². The Labute approximate surface area is 58.8 Å². The van der Waals surface area contributed by atoms with Crippen LogP contribution in [0.3, 0.4) is 0 Å². The molecule has 0 aliphatic carbocycles. The molecule has 1 aromatic heterocycles. The summed E-state index contributed by atoms with van der Waals surface area (Å²) < 4.78 is 0. The second-order valence-corrected chi connectivity index (χ2v) is 1.88. The fourth-order valence-corrected chi connectivity index (χ4v) is 0.554. The molecule has 4 heteroatoms. The molecule has 4 nitrogen and oxygen atoms in total. The lowest BCUT2D eigenvalue weighted by atomic mass is 10.4. The highest BCUT2D eigenvalue weighted by atomic mass is 15.1. The topological polar surface area (TPSA) is 64.2 Å². The van der Waals surface area contributed by atoms with E-state index in [1.165, 1.54) is 6.21 Å². The van der Waals surface area contributed by atoms with Crippen molar-refractivity contribution >= 4 is 6.21 Å². The number of aryl methyl sites for hydroxylation is 1. The van der Waals surface area contributed by atoms with E-state index >= 15 is 0 Å². The molecule has 0 spiro atoms. The Hall–Kier alpha value is -1.45. The molecule has 1 rings (SSSR count). The minimum Gasteiger partial charge on any atom is -0.323 e. The van der Waals surface area contributed by atoms with Crippen LogP contribution in [-0.2, 0) is 0 Å². The third-order valence-electron chi connectivity index (χ3n) is 1.03. The van der Waals surface area contributed by atoms with E-state index in [1.807, 2.05) is 13.0 Å².